The first-order valence-corrected chi connectivity index (χ1v) is 6.83. The van der Waals surface area contributed by atoms with E-state index in [1.165, 1.54) is 0 Å². The SMILES string of the molecule is NC(=O)COc1ccc(C(C(N)=O)N2CCNCC2)cc1. The molecule has 1 saturated heterocycles. The first-order valence-electron chi connectivity index (χ1n) is 6.83. The van der Waals surface area contributed by atoms with Gasteiger partial charge in [0, 0.05) is 26.2 Å². The molecule has 2 amide bonds. The van der Waals surface area contributed by atoms with Gasteiger partial charge in [0.05, 0.1) is 0 Å². The summed E-state index contributed by atoms with van der Waals surface area (Å²) in [6.07, 6.45) is 0. The molecule has 1 unspecified atom stereocenters. The Bertz CT molecular complexity index is 497. The molecule has 1 fully saturated rings. The van der Waals surface area contributed by atoms with Crippen LogP contribution in [0.5, 0.6) is 5.75 Å². The van der Waals surface area contributed by atoms with Crippen LogP contribution in [0.1, 0.15) is 11.6 Å². The summed E-state index contributed by atoms with van der Waals surface area (Å²) >= 11 is 0. The van der Waals surface area contributed by atoms with Crippen molar-refractivity contribution in [1.82, 2.24) is 10.2 Å². The number of amides is 2. The number of rotatable bonds is 6. The number of carbonyl (C=O) groups excluding carboxylic acids is 2. The average molecular weight is 292 g/mol. The highest BCUT2D eigenvalue weighted by atomic mass is 16.5. The Morgan fingerprint density at radius 3 is 2.33 bits per heavy atom. The number of ether oxygens (including phenoxy) is 1. The molecule has 114 valence electrons. The number of nitrogens with one attached hydrogen (secondary N) is 1. The Kier molecular flexibility index (Phi) is 5.13. The van der Waals surface area contributed by atoms with Crippen molar-refractivity contribution < 1.29 is 14.3 Å². The largest absolute Gasteiger partial charge is 0.484 e. The Labute approximate surface area is 123 Å². The Balaban J connectivity index is 2.09. The van der Waals surface area contributed by atoms with Crippen molar-refractivity contribution in [3.8, 4) is 5.75 Å². The van der Waals surface area contributed by atoms with Crippen LogP contribution in [0, 0.1) is 0 Å². The minimum atomic E-state index is -0.532. The van der Waals surface area contributed by atoms with Gasteiger partial charge in [-0.3, -0.25) is 14.5 Å². The van der Waals surface area contributed by atoms with Crippen LogP contribution in [0.4, 0.5) is 0 Å². The van der Waals surface area contributed by atoms with E-state index in [1.807, 2.05) is 0 Å². The minimum Gasteiger partial charge on any atom is -0.484 e. The Morgan fingerprint density at radius 1 is 1.19 bits per heavy atom. The van der Waals surface area contributed by atoms with Crippen LogP contribution in [0.15, 0.2) is 24.3 Å². The van der Waals surface area contributed by atoms with Gasteiger partial charge in [0.2, 0.25) is 5.91 Å². The maximum Gasteiger partial charge on any atom is 0.255 e. The number of nitrogens with zero attached hydrogens (tertiary/aromatic N) is 1. The Hall–Kier alpha value is -2.12. The van der Waals surface area contributed by atoms with Crippen molar-refractivity contribution in [1.29, 1.82) is 0 Å². The van der Waals surface area contributed by atoms with E-state index in [2.05, 4.69) is 10.2 Å². The fraction of sp³-hybridized carbons (Fsp3) is 0.429. The normalized spacial score (nSPS) is 17.1. The second kappa shape index (κ2) is 7.05. The van der Waals surface area contributed by atoms with Gasteiger partial charge in [0.1, 0.15) is 11.8 Å². The van der Waals surface area contributed by atoms with Gasteiger partial charge in [0.15, 0.2) is 6.61 Å². The molecule has 7 nitrogen and oxygen atoms in total. The molecular weight excluding hydrogens is 272 g/mol. The van der Waals surface area contributed by atoms with E-state index in [0.29, 0.717) is 5.75 Å². The fourth-order valence-corrected chi connectivity index (χ4v) is 2.40. The van der Waals surface area contributed by atoms with Gasteiger partial charge >= 0.3 is 0 Å². The molecule has 1 aliphatic rings. The fourth-order valence-electron chi connectivity index (χ4n) is 2.40. The molecule has 0 saturated carbocycles. The van der Waals surface area contributed by atoms with E-state index in [4.69, 9.17) is 16.2 Å². The number of carbonyl (C=O) groups is 2. The molecule has 2 rings (SSSR count). The van der Waals surface area contributed by atoms with Gasteiger partial charge in [-0.2, -0.15) is 0 Å². The molecule has 1 aliphatic heterocycles. The number of primary amides is 2. The molecule has 0 radical (unpaired) electrons. The lowest BCUT2D eigenvalue weighted by molar-refractivity contribution is -0.123. The van der Waals surface area contributed by atoms with E-state index in [0.717, 1.165) is 31.7 Å². The summed E-state index contributed by atoms with van der Waals surface area (Å²) in [6, 6.07) is 6.53. The van der Waals surface area contributed by atoms with Crippen LogP contribution < -0.4 is 21.5 Å². The monoisotopic (exact) mass is 292 g/mol. The van der Waals surface area contributed by atoms with Gasteiger partial charge in [-0.15, -0.1) is 0 Å². The second-order valence-electron chi connectivity index (χ2n) is 4.91. The van der Waals surface area contributed by atoms with E-state index in [9.17, 15) is 9.59 Å². The number of hydrogen-bond donors (Lipinski definition) is 3. The highest BCUT2D eigenvalue weighted by Gasteiger charge is 2.26. The smallest absolute Gasteiger partial charge is 0.255 e. The molecule has 1 aromatic carbocycles. The molecule has 5 N–H and O–H groups in total. The third kappa shape index (κ3) is 4.17. The van der Waals surface area contributed by atoms with E-state index < -0.39 is 11.9 Å². The lowest BCUT2D eigenvalue weighted by Crippen LogP contribution is -2.48. The van der Waals surface area contributed by atoms with Gasteiger partial charge in [-0.05, 0) is 17.7 Å². The summed E-state index contributed by atoms with van der Waals surface area (Å²) in [4.78, 5) is 24.5. The highest BCUT2D eigenvalue weighted by Crippen LogP contribution is 2.23. The maximum atomic E-state index is 11.8. The van der Waals surface area contributed by atoms with Crippen LogP contribution in [0.3, 0.4) is 0 Å². The zero-order chi connectivity index (χ0) is 15.2. The number of piperazine rings is 1. The maximum absolute atomic E-state index is 11.8. The summed E-state index contributed by atoms with van der Waals surface area (Å²) in [5.74, 6) is -0.376. The van der Waals surface area contributed by atoms with Crippen LogP contribution in [0.25, 0.3) is 0 Å². The average Bonchev–Trinajstić information content (AvgIpc) is 2.47. The van der Waals surface area contributed by atoms with Crippen molar-refractivity contribution in [2.45, 2.75) is 6.04 Å². The molecule has 1 heterocycles. The van der Waals surface area contributed by atoms with Crippen LogP contribution in [0.2, 0.25) is 0 Å². The second-order valence-corrected chi connectivity index (χ2v) is 4.91. The van der Waals surface area contributed by atoms with Gasteiger partial charge in [0.25, 0.3) is 5.91 Å². The third-order valence-corrected chi connectivity index (χ3v) is 3.36. The Morgan fingerprint density at radius 2 is 1.81 bits per heavy atom. The molecular formula is C14H20N4O3. The molecule has 0 aromatic heterocycles. The summed E-state index contributed by atoms with van der Waals surface area (Å²) in [6.45, 7) is 3.05. The minimum absolute atomic E-state index is 0.170. The predicted molar refractivity (Wildman–Crippen MR) is 77.5 cm³/mol. The van der Waals surface area contributed by atoms with Gasteiger partial charge < -0.3 is 21.5 Å². The first-order chi connectivity index (χ1) is 10.1. The number of hydrogen-bond acceptors (Lipinski definition) is 5. The standard InChI is InChI=1S/C14H20N4O3/c15-12(19)9-21-11-3-1-10(2-4-11)13(14(16)20)18-7-5-17-6-8-18/h1-4,13,17H,5-9H2,(H2,15,19)(H2,16,20). The lowest BCUT2D eigenvalue weighted by Gasteiger charge is -2.33. The van der Waals surface area contributed by atoms with Crippen LogP contribution >= 0.6 is 0 Å². The molecule has 1 aromatic rings. The van der Waals surface area contributed by atoms with Crippen LogP contribution in [-0.4, -0.2) is 49.5 Å². The quantitative estimate of drug-likeness (QED) is 0.621. The molecule has 0 aliphatic carbocycles. The van der Waals surface area contributed by atoms with Crippen molar-refractivity contribution in [2.24, 2.45) is 11.5 Å². The topological polar surface area (TPSA) is 111 Å². The van der Waals surface area contributed by atoms with E-state index in [1.54, 1.807) is 24.3 Å². The summed E-state index contributed by atoms with van der Waals surface area (Å²) in [5.41, 5.74) is 11.4. The zero-order valence-corrected chi connectivity index (χ0v) is 11.7. The van der Waals surface area contributed by atoms with Crippen LogP contribution in [-0.2, 0) is 9.59 Å². The lowest BCUT2D eigenvalue weighted by atomic mass is 10.0. The van der Waals surface area contributed by atoms with Crippen molar-refractivity contribution >= 4 is 11.8 Å². The zero-order valence-electron chi connectivity index (χ0n) is 11.7. The molecule has 21 heavy (non-hydrogen) atoms. The van der Waals surface area contributed by atoms with Crippen molar-refractivity contribution in [3.63, 3.8) is 0 Å². The third-order valence-electron chi connectivity index (χ3n) is 3.36. The number of benzene rings is 1. The molecule has 0 bridgehead atoms. The highest BCUT2D eigenvalue weighted by molar-refractivity contribution is 5.81. The first kappa shape index (κ1) is 15.3. The molecule has 0 spiro atoms. The molecule has 7 heteroatoms. The summed E-state index contributed by atoms with van der Waals surface area (Å²) < 4.78 is 5.19. The summed E-state index contributed by atoms with van der Waals surface area (Å²) in [7, 11) is 0. The summed E-state index contributed by atoms with van der Waals surface area (Å²) in [5, 5.41) is 3.24. The van der Waals surface area contributed by atoms with Gasteiger partial charge in [-0.1, -0.05) is 12.1 Å². The van der Waals surface area contributed by atoms with E-state index in [-0.39, 0.29) is 12.5 Å². The molecule has 1 atom stereocenters. The predicted octanol–water partition coefficient (Wildman–Crippen LogP) is -1.02. The van der Waals surface area contributed by atoms with Crippen molar-refractivity contribution in [3.05, 3.63) is 29.8 Å². The number of nitrogens with two attached hydrogens (primary N) is 2. The van der Waals surface area contributed by atoms with Gasteiger partial charge in [-0.25, -0.2) is 0 Å². The van der Waals surface area contributed by atoms with E-state index >= 15 is 0 Å². The van der Waals surface area contributed by atoms with Crippen molar-refractivity contribution in [2.75, 3.05) is 32.8 Å².